The number of urea groups is 1. The number of aryl methyl sites for hydroxylation is 1. The highest BCUT2D eigenvalue weighted by molar-refractivity contribution is 7.92. The van der Waals surface area contributed by atoms with Crippen molar-refractivity contribution in [1.82, 2.24) is 4.90 Å². The van der Waals surface area contributed by atoms with Gasteiger partial charge in [0.15, 0.2) is 0 Å². The van der Waals surface area contributed by atoms with Crippen molar-refractivity contribution in [2.24, 2.45) is 0 Å². The summed E-state index contributed by atoms with van der Waals surface area (Å²) in [6.07, 6.45) is 0.728. The van der Waals surface area contributed by atoms with Gasteiger partial charge in [-0.1, -0.05) is 36.4 Å². The Morgan fingerprint density at radius 1 is 0.969 bits per heavy atom. The van der Waals surface area contributed by atoms with E-state index in [9.17, 15) is 17.6 Å². The molecule has 1 heterocycles. The summed E-state index contributed by atoms with van der Waals surface area (Å²) < 4.78 is 41.7. The van der Waals surface area contributed by atoms with Crippen molar-refractivity contribution in [3.8, 4) is 0 Å². The Hall–Kier alpha value is -3.39. The maximum atomic E-state index is 13.2. The van der Waals surface area contributed by atoms with Crippen LogP contribution < -0.4 is 9.62 Å². The lowest BCUT2D eigenvalue weighted by Gasteiger charge is -2.36. The van der Waals surface area contributed by atoms with E-state index in [0.717, 1.165) is 17.5 Å². The van der Waals surface area contributed by atoms with Crippen LogP contribution in [0.15, 0.2) is 77.7 Å². The third-order valence-corrected chi connectivity index (χ3v) is 6.70. The molecule has 6 nitrogen and oxygen atoms in total. The summed E-state index contributed by atoms with van der Waals surface area (Å²) in [5.41, 5.74) is 2.50. The molecule has 2 amide bonds. The number of rotatable bonds is 6. The van der Waals surface area contributed by atoms with Gasteiger partial charge in [0.1, 0.15) is 5.82 Å². The predicted molar refractivity (Wildman–Crippen MR) is 123 cm³/mol. The number of hydrogen-bond acceptors (Lipinski definition) is 3. The average Bonchev–Trinajstić information content (AvgIpc) is 2.77. The number of carbonyl (C=O) groups is 1. The van der Waals surface area contributed by atoms with E-state index in [0.29, 0.717) is 31.0 Å². The van der Waals surface area contributed by atoms with E-state index in [4.69, 9.17) is 0 Å². The summed E-state index contributed by atoms with van der Waals surface area (Å²) in [5.74, 6) is -0.324. The minimum Gasteiger partial charge on any atom is -0.320 e. The predicted octanol–water partition coefficient (Wildman–Crippen LogP) is 4.77. The zero-order valence-corrected chi connectivity index (χ0v) is 18.5. The first-order valence-electron chi connectivity index (χ1n) is 10.3. The molecule has 0 aliphatic carbocycles. The number of amides is 2. The van der Waals surface area contributed by atoms with Crippen molar-refractivity contribution in [3.05, 3.63) is 89.7 Å². The minimum absolute atomic E-state index is 0.162. The van der Waals surface area contributed by atoms with E-state index in [2.05, 4.69) is 4.72 Å². The molecule has 0 unspecified atom stereocenters. The zero-order valence-electron chi connectivity index (χ0n) is 17.7. The highest BCUT2D eigenvalue weighted by atomic mass is 32.2. The fourth-order valence-corrected chi connectivity index (χ4v) is 4.92. The van der Waals surface area contributed by atoms with Crippen LogP contribution in [-0.2, 0) is 16.6 Å². The fourth-order valence-electron chi connectivity index (χ4n) is 3.74. The summed E-state index contributed by atoms with van der Waals surface area (Å²) in [4.78, 5) is 16.7. The third kappa shape index (κ3) is 4.75. The molecule has 0 saturated carbocycles. The standard InChI is InChI=1S/C24H24FN3O3S/c1-18-6-4-7-21(16-18)32(30,31)26-22-8-2-3-9-23(22)28-15-5-14-27(24(28)29)17-19-10-12-20(25)13-11-19/h2-4,6-13,16,26H,5,14-15,17H2,1H3. The lowest BCUT2D eigenvalue weighted by Crippen LogP contribution is -2.49. The molecule has 166 valence electrons. The van der Waals surface area contributed by atoms with Gasteiger partial charge in [0.2, 0.25) is 0 Å². The van der Waals surface area contributed by atoms with Gasteiger partial charge in [-0.25, -0.2) is 17.6 Å². The van der Waals surface area contributed by atoms with Crippen LogP contribution in [0.25, 0.3) is 0 Å². The maximum Gasteiger partial charge on any atom is 0.324 e. The van der Waals surface area contributed by atoms with Crippen LogP contribution in [0.2, 0.25) is 0 Å². The van der Waals surface area contributed by atoms with Crippen LogP contribution in [0.5, 0.6) is 0 Å². The Morgan fingerprint density at radius 2 is 1.72 bits per heavy atom. The number of sulfonamides is 1. The molecule has 0 atom stereocenters. The SMILES string of the molecule is Cc1cccc(S(=O)(=O)Nc2ccccc2N2CCCN(Cc3ccc(F)cc3)C2=O)c1. The highest BCUT2D eigenvalue weighted by Crippen LogP contribution is 2.31. The quantitative estimate of drug-likeness (QED) is 0.585. The smallest absolute Gasteiger partial charge is 0.320 e. The van der Waals surface area contributed by atoms with Crippen LogP contribution in [0, 0.1) is 12.7 Å². The van der Waals surface area contributed by atoms with Crippen molar-refractivity contribution < 1.29 is 17.6 Å². The second kappa shape index (κ2) is 9.00. The number of anilines is 2. The molecule has 3 aromatic rings. The molecule has 1 aliphatic rings. The van der Waals surface area contributed by atoms with Crippen LogP contribution in [0.3, 0.4) is 0 Å². The van der Waals surface area contributed by atoms with E-state index >= 15 is 0 Å². The zero-order chi connectivity index (χ0) is 22.7. The topological polar surface area (TPSA) is 69.7 Å². The van der Waals surface area contributed by atoms with Gasteiger partial charge in [-0.3, -0.25) is 9.62 Å². The largest absolute Gasteiger partial charge is 0.324 e. The number of para-hydroxylation sites is 2. The molecule has 0 bridgehead atoms. The molecule has 1 fully saturated rings. The van der Waals surface area contributed by atoms with Gasteiger partial charge in [0.25, 0.3) is 10.0 Å². The molecule has 1 saturated heterocycles. The fraction of sp³-hybridized carbons (Fsp3) is 0.208. The Kier molecular flexibility index (Phi) is 6.14. The molecule has 0 aromatic heterocycles. The summed E-state index contributed by atoms with van der Waals surface area (Å²) in [6, 6.07) is 19.4. The van der Waals surface area contributed by atoms with Gasteiger partial charge in [-0.2, -0.15) is 0 Å². The maximum absolute atomic E-state index is 13.2. The number of hydrogen-bond donors (Lipinski definition) is 1. The van der Waals surface area contributed by atoms with Crippen molar-refractivity contribution in [2.45, 2.75) is 24.8 Å². The van der Waals surface area contributed by atoms with Crippen LogP contribution in [-0.4, -0.2) is 32.4 Å². The summed E-state index contributed by atoms with van der Waals surface area (Å²) in [6.45, 7) is 3.23. The average molecular weight is 454 g/mol. The van der Waals surface area contributed by atoms with Gasteiger partial charge in [0.05, 0.1) is 16.3 Å². The van der Waals surface area contributed by atoms with E-state index in [1.54, 1.807) is 58.3 Å². The number of nitrogens with zero attached hydrogens (tertiary/aromatic N) is 2. The van der Waals surface area contributed by atoms with Crippen molar-refractivity contribution in [1.29, 1.82) is 0 Å². The Bertz CT molecular complexity index is 1230. The molecule has 1 aliphatic heterocycles. The van der Waals surface area contributed by atoms with Crippen molar-refractivity contribution in [3.63, 3.8) is 0 Å². The number of halogens is 1. The molecule has 32 heavy (non-hydrogen) atoms. The van der Waals surface area contributed by atoms with E-state index in [1.807, 2.05) is 13.0 Å². The van der Waals surface area contributed by atoms with Crippen LogP contribution in [0.1, 0.15) is 17.5 Å². The van der Waals surface area contributed by atoms with E-state index in [1.165, 1.54) is 18.2 Å². The summed E-state index contributed by atoms with van der Waals surface area (Å²) in [7, 11) is -3.82. The summed E-state index contributed by atoms with van der Waals surface area (Å²) >= 11 is 0. The first-order valence-corrected chi connectivity index (χ1v) is 11.8. The lowest BCUT2D eigenvalue weighted by molar-refractivity contribution is 0.192. The first-order chi connectivity index (χ1) is 15.3. The molecular formula is C24H24FN3O3S. The Balaban J connectivity index is 1.58. The minimum atomic E-state index is -3.82. The van der Waals surface area contributed by atoms with E-state index in [-0.39, 0.29) is 16.7 Å². The molecular weight excluding hydrogens is 429 g/mol. The summed E-state index contributed by atoms with van der Waals surface area (Å²) in [5, 5.41) is 0. The molecule has 3 aromatic carbocycles. The Morgan fingerprint density at radius 3 is 2.47 bits per heavy atom. The first kappa shape index (κ1) is 21.8. The van der Waals surface area contributed by atoms with Gasteiger partial charge in [-0.05, 0) is 60.9 Å². The lowest BCUT2D eigenvalue weighted by atomic mass is 10.1. The molecule has 0 spiro atoms. The van der Waals surface area contributed by atoms with Gasteiger partial charge in [0, 0.05) is 19.6 Å². The molecule has 8 heteroatoms. The van der Waals surface area contributed by atoms with Crippen molar-refractivity contribution in [2.75, 3.05) is 22.7 Å². The monoisotopic (exact) mass is 453 g/mol. The molecule has 0 radical (unpaired) electrons. The number of carbonyl (C=O) groups excluding carboxylic acids is 1. The van der Waals surface area contributed by atoms with Gasteiger partial charge in [-0.15, -0.1) is 0 Å². The highest BCUT2D eigenvalue weighted by Gasteiger charge is 2.29. The van der Waals surface area contributed by atoms with Gasteiger partial charge < -0.3 is 4.90 Å². The third-order valence-electron chi connectivity index (χ3n) is 5.34. The van der Waals surface area contributed by atoms with Crippen molar-refractivity contribution >= 4 is 27.4 Å². The van der Waals surface area contributed by atoms with E-state index < -0.39 is 10.0 Å². The molecule has 4 rings (SSSR count). The van der Waals surface area contributed by atoms with Crippen LogP contribution >= 0.6 is 0 Å². The Labute approximate surface area is 187 Å². The van der Waals surface area contributed by atoms with Crippen LogP contribution in [0.4, 0.5) is 20.6 Å². The normalized spacial score (nSPS) is 14.5. The van der Waals surface area contributed by atoms with Gasteiger partial charge >= 0.3 is 6.03 Å². The second-order valence-electron chi connectivity index (χ2n) is 7.77. The second-order valence-corrected chi connectivity index (χ2v) is 9.46. The number of nitrogens with one attached hydrogen (secondary N) is 1. The number of benzene rings is 3. The molecule has 1 N–H and O–H groups in total.